The maximum atomic E-state index is 5.32. The number of nitrogens with one attached hydrogen (secondary N) is 1. The number of benzene rings is 1. The van der Waals surface area contributed by atoms with Crippen molar-refractivity contribution in [3.05, 3.63) is 34.9 Å². The highest BCUT2D eigenvalue weighted by atomic mass is 32.1. The third-order valence-electron chi connectivity index (χ3n) is 2.45. The molecule has 14 heavy (non-hydrogen) atoms. The molecule has 1 N–H and O–H groups in total. The third kappa shape index (κ3) is 2.13. The molecule has 0 aromatic heterocycles. The average molecular weight is 207 g/mol. The van der Waals surface area contributed by atoms with Crippen molar-refractivity contribution in [3.63, 3.8) is 0 Å². The molecule has 0 radical (unpaired) electrons. The van der Waals surface area contributed by atoms with Gasteiger partial charge in [0.2, 0.25) is 0 Å². The molecular formula is C12H17NS. The predicted octanol–water partition coefficient (Wildman–Crippen LogP) is 2.71. The quantitative estimate of drug-likeness (QED) is 0.765. The number of thiocarbonyl (C=S) groups is 1. The first kappa shape index (κ1) is 11.2. The molecule has 0 aliphatic rings. The molecule has 0 fully saturated rings. The summed E-state index contributed by atoms with van der Waals surface area (Å²) in [5.74, 6) is 0. The number of rotatable bonds is 3. The summed E-state index contributed by atoms with van der Waals surface area (Å²) in [6.07, 6.45) is 2.07. The fourth-order valence-electron chi connectivity index (χ4n) is 1.66. The lowest BCUT2D eigenvalue weighted by Crippen LogP contribution is -2.20. The molecule has 1 aromatic carbocycles. The molecule has 0 saturated carbocycles. The Morgan fingerprint density at radius 2 is 1.71 bits per heavy atom. The van der Waals surface area contributed by atoms with Crippen LogP contribution in [0.1, 0.15) is 30.5 Å². The van der Waals surface area contributed by atoms with Gasteiger partial charge in [-0.05, 0) is 24.0 Å². The van der Waals surface area contributed by atoms with Crippen LogP contribution in [0.3, 0.4) is 0 Å². The Hall–Kier alpha value is -0.890. The Morgan fingerprint density at radius 1 is 1.21 bits per heavy atom. The van der Waals surface area contributed by atoms with E-state index >= 15 is 0 Å². The van der Waals surface area contributed by atoms with Crippen LogP contribution < -0.4 is 5.32 Å². The van der Waals surface area contributed by atoms with Gasteiger partial charge in [-0.1, -0.05) is 44.3 Å². The molecule has 0 heterocycles. The number of aryl methyl sites for hydroxylation is 2. The van der Waals surface area contributed by atoms with Gasteiger partial charge >= 0.3 is 0 Å². The molecule has 76 valence electrons. The van der Waals surface area contributed by atoms with Crippen LogP contribution in [-0.4, -0.2) is 12.0 Å². The molecule has 0 aliphatic carbocycles. The van der Waals surface area contributed by atoms with Crippen molar-refractivity contribution in [1.29, 1.82) is 0 Å². The molecular weight excluding hydrogens is 190 g/mol. The van der Waals surface area contributed by atoms with Gasteiger partial charge < -0.3 is 5.32 Å². The fraction of sp³-hybridized carbons (Fsp3) is 0.417. The number of hydrogen-bond donors (Lipinski definition) is 1. The maximum absolute atomic E-state index is 5.32. The Balaban J connectivity index is 3.25. The maximum Gasteiger partial charge on any atom is 0.106 e. The lowest BCUT2D eigenvalue weighted by atomic mass is 9.97. The molecule has 0 bridgehead atoms. The van der Waals surface area contributed by atoms with Gasteiger partial charge in [0.05, 0.1) is 0 Å². The van der Waals surface area contributed by atoms with Crippen LogP contribution in [0, 0.1) is 0 Å². The summed E-state index contributed by atoms with van der Waals surface area (Å²) < 4.78 is 0. The van der Waals surface area contributed by atoms with E-state index in [1.165, 1.54) is 16.7 Å². The van der Waals surface area contributed by atoms with E-state index in [-0.39, 0.29) is 0 Å². The van der Waals surface area contributed by atoms with Crippen molar-refractivity contribution >= 4 is 17.2 Å². The van der Waals surface area contributed by atoms with Gasteiger partial charge in [0, 0.05) is 12.6 Å². The summed E-state index contributed by atoms with van der Waals surface area (Å²) >= 11 is 5.32. The normalized spacial score (nSPS) is 9.93. The van der Waals surface area contributed by atoms with Crippen molar-refractivity contribution < 1.29 is 0 Å². The van der Waals surface area contributed by atoms with Crippen molar-refractivity contribution in [1.82, 2.24) is 5.32 Å². The van der Waals surface area contributed by atoms with Gasteiger partial charge in [-0.3, -0.25) is 0 Å². The molecule has 0 saturated heterocycles. The highest BCUT2D eigenvalue weighted by molar-refractivity contribution is 7.80. The predicted molar refractivity (Wildman–Crippen MR) is 66.0 cm³/mol. The molecule has 1 rings (SSSR count). The largest absolute Gasteiger partial charge is 0.379 e. The zero-order chi connectivity index (χ0) is 10.6. The van der Waals surface area contributed by atoms with Crippen LogP contribution in [0.25, 0.3) is 0 Å². The van der Waals surface area contributed by atoms with Gasteiger partial charge in [-0.25, -0.2) is 0 Å². The Kier molecular flexibility index (Phi) is 4.08. The minimum atomic E-state index is 0.860. The first-order valence-corrected chi connectivity index (χ1v) is 5.48. The monoisotopic (exact) mass is 207 g/mol. The van der Waals surface area contributed by atoms with E-state index in [0.29, 0.717) is 0 Å². The minimum absolute atomic E-state index is 0.860. The van der Waals surface area contributed by atoms with Crippen molar-refractivity contribution in [3.8, 4) is 0 Å². The highest BCUT2D eigenvalue weighted by Crippen LogP contribution is 2.16. The molecule has 1 aromatic rings. The third-order valence-corrected chi connectivity index (χ3v) is 2.86. The van der Waals surface area contributed by atoms with Crippen LogP contribution in [0.2, 0.25) is 0 Å². The zero-order valence-electron chi connectivity index (χ0n) is 9.05. The second kappa shape index (κ2) is 5.11. The first-order valence-electron chi connectivity index (χ1n) is 5.07. The van der Waals surface area contributed by atoms with E-state index < -0.39 is 0 Å². The van der Waals surface area contributed by atoms with E-state index in [9.17, 15) is 0 Å². The lowest BCUT2D eigenvalue weighted by molar-refractivity contribution is 1.06. The van der Waals surface area contributed by atoms with Crippen LogP contribution >= 0.6 is 12.2 Å². The van der Waals surface area contributed by atoms with Crippen LogP contribution in [0.5, 0.6) is 0 Å². The van der Waals surface area contributed by atoms with Gasteiger partial charge in [0.25, 0.3) is 0 Å². The van der Waals surface area contributed by atoms with Gasteiger partial charge in [0.1, 0.15) is 4.99 Å². The van der Waals surface area contributed by atoms with Crippen LogP contribution in [-0.2, 0) is 12.8 Å². The summed E-state index contributed by atoms with van der Waals surface area (Å²) in [5, 5.41) is 3.06. The van der Waals surface area contributed by atoms with Crippen molar-refractivity contribution in [2.75, 3.05) is 7.05 Å². The van der Waals surface area contributed by atoms with E-state index in [4.69, 9.17) is 12.2 Å². The smallest absolute Gasteiger partial charge is 0.106 e. The highest BCUT2D eigenvalue weighted by Gasteiger charge is 2.09. The second-order valence-corrected chi connectivity index (χ2v) is 3.65. The zero-order valence-corrected chi connectivity index (χ0v) is 9.87. The SMILES string of the molecule is CCc1cccc(CC)c1C(=S)NC. The van der Waals surface area contributed by atoms with E-state index in [1.807, 2.05) is 7.05 Å². The molecule has 0 spiro atoms. The van der Waals surface area contributed by atoms with E-state index in [0.717, 1.165) is 17.8 Å². The van der Waals surface area contributed by atoms with E-state index in [1.54, 1.807) is 0 Å². The van der Waals surface area contributed by atoms with Crippen molar-refractivity contribution in [2.45, 2.75) is 26.7 Å². The summed E-state index contributed by atoms with van der Waals surface area (Å²) in [6, 6.07) is 6.41. The second-order valence-electron chi connectivity index (χ2n) is 3.24. The van der Waals surface area contributed by atoms with Gasteiger partial charge in [-0.2, -0.15) is 0 Å². The average Bonchev–Trinajstić information content (AvgIpc) is 2.26. The van der Waals surface area contributed by atoms with Gasteiger partial charge in [0.15, 0.2) is 0 Å². The number of hydrogen-bond acceptors (Lipinski definition) is 1. The topological polar surface area (TPSA) is 12.0 Å². The summed E-state index contributed by atoms with van der Waals surface area (Å²) in [4.78, 5) is 0.860. The fourth-order valence-corrected chi connectivity index (χ4v) is 1.92. The molecule has 0 aliphatic heterocycles. The van der Waals surface area contributed by atoms with Crippen LogP contribution in [0.4, 0.5) is 0 Å². The molecule has 2 heteroatoms. The summed E-state index contributed by atoms with van der Waals surface area (Å²) in [7, 11) is 1.88. The Bertz CT molecular complexity index is 309. The Labute approximate surface area is 91.5 Å². The standard InChI is InChI=1S/C12H17NS/c1-4-9-7-6-8-10(5-2)11(9)12(14)13-3/h6-8H,4-5H2,1-3H3,(H,13,14). The molecule has 1 nitrogen and oxygen atoms in total. The molecule has 0 unspecified atom stereocenters. The van der Waals surface area contributed by atoms with Crippen molar-refractivity contribution in [2.24, 2.45) is 0 Å². The lowest BCUT2D eigenvalue weighted by Gasteiger charge is -2.13. The Morgan fingerprint density at radius 3 is 2.07 bits per heavy atom. The van der Waals surface area contributed by atoms with Crippen LogP contribution in [0.15, 0.2) is 18.2 Å². The van der Waals surface area contributed by atoms with Gasteiger partial charge in [-0.15, -0.1) is 0 Å². The van der Waals surface area contributed by atoms with E-state index in [2.05, 4.69) is 37.4 Å². The molecule has 0 atom stereocenters. The molecule has 0 amide bonds. The summed E-state index contributed by atoms with van der Waals surface area (Å²) in [6.45, 7) is 4.33. The summed E-state index contributed by atoms with van der Waals surface area (Å²) in [5.41, 5.74) is 3.90. The first-order chi connectivity index (χ1) is 6.74. The minimum Gasteiger partial charge on any atom is -0.379 e.